The third-order valence-corrected chi connectivity index (χ3v) is 3.24. The molecule has 0 atom stereocenters. The van der Waals surface area contributed by atoms with Crippen LogP contribution in [0.1, 0.15) is 53.4 Å². The normalized spacial score (nSPS) is 10.1. The molecule has 0 aromatic heterocycles. The van der Waals surface area contributed by atoms with Crippen LogP contribution < -0.4 is 0 Å². The van der Waals surface area contributed by atoms with Crippen molar-refractivity contribution in [1.82, 2.24) is 0 Å². The van der Waals surface area contributed by atoms with Crippen LogP contribution in [-0.4, -0.2) is 0 Å². The molecular weight excluding hydrogens is 388 g/mol. The number of hydrogen-bond acceptors (Lipinski definition) is 0. The summed E-state index contributed by atoms with van der Waals surface area (Å²) in [5.41, 5.74) is 3.88. The Morgan fingerprint density at radius 1 is 0.944 bits per heavy atom. The second-order valence-electron chi connectivity index (χ2n) is 5.55. The Balaban J connectivity index is 0. The second-order valence-corrected chi connectivity index (χ2v) is 5.55. The minimum absolute atomic E-state index is 0. The Morgan fingerprint density at radius 3 is 1.94 bits per heavy atom. The van der Waals surface area contributed by atoms with Crippen LogP contribution in [0.25, 0.3) is 0 Å². The van der Waals surface area contributed by atoms with Crippen LogP contribution in [0.2, 0.25) is 0 Å². The van der Waals surface area contributed by atoms with Gasteiger partial charge in [-0.2, -0.15) is 0 Å². The van der Waals surface area contributed by atoms with Crippen LogP contribution in [-0.2, 0) is 21.1 Å². The van der Waals surface area contributed by atoms with Crippen LogP contribution in [0.15, 0.2) is 36.5 Å². The predicted octanol–water partition coefficient (Wildman–Crippen LogP) is 5.73. The first-order valence-corrected chi connectivity index (χ1v) is 6.70. The summed E-state index contributed by atoms with van der Waals surface area (Å²) in [6.07, 6.45) is 6.60. The molecule has 0 spiro atoms. The third kappa shape index (κ3) is 9.77. The van der Waals surface area contributed by atoms with E-state index in [1.54, 1.807) is 0 Å². The molecule has 0 amide bonds. The van der Waals surface area contributed by atoms with Gasteiger partial charge in [0.25, 0.3) is 0 Å². The molecule has 0 aliphatic heterocycles. The minimum atomic E-state index is 0. The van der Waals surface area contributed by atoms with Gasteiger partial charge in [0.2, 0.25) is 0 Å². The smallest absolute Gasteiger partial charge is 0 e. The first-order valence-electron chi connectivity index (χ1n) is 6.70. The van der Waals surface area contributed by atoms with E-state index in [2.05, 4.69) is 53.9 Å². The van der Waals surface area contributed by atoms with Gasteiger partial charge in [0, 0.05) is 21.1 Å². The summed E-state index contributed by atoms with van der Waals surface area (Å²) in [7, 11) is 0. The van der Waals surface area contributed by atoms with E-state index < -0.39 is 0 Å². The van der Waals surface area contributed by atoms with Crippen LogP contribution in [0, 0.1) is 18.3 Å². The Bertz CT molecular complexity index is 271. The quantitative estimate of drug-likeness (QED) is 0.332. The van der Waals surface area contributed by atoms with Crippen molar-refractivity contribution < 1.29 is 21.1 Å². The number of rotatable bonds is 9. The van der Waals surface area contributed by atoms with Crippen LogP contribution >= 0.6 is 0 Å². The van der Waals surface area contributed by atoms with E-state index in [1.807, 2.05) is 0 Å². The maximum Gasteiger partial charge on any atom is 0 e. The van der Waals surface area contributed by atoms with Crippen LogP contribution in [0.3, 0.4) is 0 Å². The molecule has 0 radical (unpaired) electrons. The van der Waals surface area contributed by atoms with E-state index >= 15 is 0 Å². The van der Waals surface area contributed by atoms with Gasteiger partial charge in [0.05, 0.1) is 0 Å². The summed E-state index contributed by atoms with van der Waals surface area (Å²) >= 11 is 0. The van der Waals surface area contributed by atoms with E-state index in [-0.39, 0.29) is 21.1 Å². The van der Waals surface area contributed by atoms with Crippen molar-refractivity contribution in [2.24, 2.45) is 11.8 Å². The molecule has 0 unspecified atom stereocenters. The fourth-order valence-electron chi connectivity index (χ4n) is 1.47. The largest absolute Gasteiger partial charge is 0.242 e. The molecule has 0 aliphatic rings. The van der Waals surface area contributed by atoms with E-state index in [9.17, 15) is 0 Å². The minimum Gasteiger partial charge on any atom is -0.242 e. The summed E-state index contributed by atoms with van der Waals surface area (Å²) < 4.78 is 0. The number of hydrogen-bond donors (Lipinski definition) is 0. The van der Waals surface area contributed by atoms with Crippen molar-refractivity contribution >= 4 is 0 Å². The van der Waals surface area contributed by atoms with E-state index in [4.69, 9.17) is 0 Å². The molecule has 0 fully saturated rings. The van der Waals surface area contributed by atoms with Gasteiger partial charge in [-0.25, -0.2) is 18.6 Å². The Kier molecular flexibility index (Phi) is 11.9. The van der Waals surface area contributed by atoms with Crippen LogP contribution in [0.4, 0.5) is 0 Å². The topological polar surface area (TPSA) is 0 Å². The second kappa shape index (κ2) is 10.7. The molecule has 0 heterocycles. The Morgan fingerprint density at radius 2 is 1.50 bits per heavy atom. The van der Waals surface area contributed by atoms with E-state index in [1.165, 1.54) is 23.1 Å². The average molecular weight is 417 g/mol. The first kappa shape index (κ1) is 20.1. The van der Waals surface area contributed by atoms with Gasteiger partial charge in [-0.05, 0) is 25.2 Å². The molecule has 0 rings (SSSR count). The predicted molar refractivity (Wildman–Crippen MR) is 79.9 cm³/mol. The first-order chi connectivity index (χ1) is 7.84. The molecule has 0 aromatic rings. The van der Waals surface area contributed by atoms with Gasteiger partial charge in [-0.1, -0.05) is 57.8 Å². The molecule has 0 saturated heterocycles. The summed E-state index contributed by atoms with van der Waals surface area (Å²) in [6, 6.07) is 0. The van der Waals surface area contributed by atoms with Gasteiger partial charge in [-0.15, -0.1) is 6.58 Å². The van der Waals surface area contributed by atoms with Crippen molar-refractivity contribution in [3.8, 4) is 0 Å². The molecule has 0 aromatic carbocycles. The van der Waals surface area contributed by atoms with Crippen LogP contribution in [0.5, 0.6) is 0 Å². The molecule has 1 heteroatoms. The van der Waals surface area contributed by atoms with E-state index in [0.717, 1.165) is 19.3 Å². The zero-order valence-electron chi connectivity index (χ0n) is 12.6. The molecule has 0 aliphatic carbocycles. The third-order valence-electron chi connectivity index (χ3n) is 3.24. The standard InChI is InChI=1S/C17H29.W/c1-13(2)16(6)10-8-9-15(5)11-12-17(7)14(3)4;/h12-14H,5-11H2,1-4H3;/q-1;. The summed E-state index contributed by atoms with van der Waals surface area (Å²) in [6.45, 7) is 21.0. The monoisotopic (exact) mass is 417 g/mol. The van der Waals surface area contributed by atoms with Crippen molar-refractivity contribution in [2.45, 2.75) is 53.4 Å². The maximum absolute atomic E-state index is 4.13. The molecule has 104 valence electrons. The fraction of sp³-hybridized carbons (Fsp3) is 0.588. The van der Waals surface area contributed by atoms with Crippen molar-refractivity contribution in [2.75, 3.05) is 0 Å². The maximum atomic E-state index is 4.13. The number of allylic oxidation sites excluding steroid dienone is 3. The van der Waals surface area contributed by atoms with Gasteiger partial charge in [0.15, 0.2) is 0 Å². The zero-order chi connectivity index (χ0) is 13.4. The fourth-order valence-corrected chi connectivity index (χ4v) is 1.47. The van der Waals surface area contributed by atoms with Gasteiger partial charge in [-0.3, -0.25) is 0 Å². The van der Waals surface area contributed by atoms with Gasteiger partial charge < -0.3 is 0 Å². The molecule has 0 nitrogen and oxygen atoms in total. The van der Waals surface area contributed by atoms with E-state index in [0.29, 0.717) is 11.8 Å². The summed E-state index contributed by atoms with van der Waals surface area (Å²) in [4.78, 5) is 0. The summed E-state index contributed by atoms with van der Waals surface area (Å²) in [5.74, 6) is 1.15. The van der Waals surface area contributed by atoms with Crippen molar-refractivity contribution in [3.63, 3.8) is 0 Å². The Labute approximate surface area is 129 Å². The van der Waals surface area contributed by atoms with Crippen molar-refractivity contribution in [1.29, 1.82) is 0 Å². The summed E-state index contributed by atoms with van der Waals surface area (Å²) in [5, 5.41) is 0. The Hall–Kier alpha value is -0.222. The SMILES string of the molecule is C=C(C[CH-]C(=C)C(C)C)CCCC(=C)C(C)C.[W]. The molecular formula is C17H29W-. The zero-order valence-corrected chi connectivity index (χ0v) is 15.5. The molecule has 0 bridgehead atoms. The molecule has 0 N–H and O–H groups in total. The average Bonchev–Trinajstić information content (AvgIpc) is 2.25. The van der Waals surface area contributed by atoms with Gasteiger partial charge in [0.1, 0.15) is 0 Å². The molecule has 0 saturated carbocycles. The van der Waals surface area contributed by atoms with Gasteiger partial charge >= 0.3 is 0 Å². The molecule has 18 heavy (non-hydrogen) atoms. The van der Waals surface area contributed by atoms with Crippen molar-refractivity contribution in [3.05, 3.63) is 42.9 Å².